The average molecular weight is 422 g/mol. The maximum atomic E-state index is 12.9. The number of hydrogen-bond acceptors (Lipinski definition) is 7. The fraction of sp³-hybridized carbons (Fsp3) is 0.368. The number of rotatable bonds is 6. The molecule has 0 spiro atoms. The van der Waals surface area contributed by atoms with Crippen LogP contribution in [-0.2, 0) is 12.7 Å². The second-order valence-electron chi connectivity index (χ2n) is 7.46. The smallest absolute Gasteiger partial charge is 0.388 e. The van der Waals surface area contributed by atoms with Crippen LogP contribution >= 0.6 is 0 Å². The quantitative estimate of drug-likeness (QED) is 0.560. The molecule has 0 aliphatic heterocycles. The number of nitrogens with one attached hydrogen (secondary N) is 1. The average Bonchev–Trinajstić information content (AvgIpc) is 3.08. The van der Waals surface area contributed by atoms with Gasteiger partial charge in [0.25, 0.3) is 0 Å². The molecule has 0 aliphatic carbocycles. The Morgan fingerprint density at radius 2 is 1.87 bits per heavy atom. The summed E-state index contributed by atoms with van der Waals surface area (Å²) in [7, 11) is 0. The zero-order valence-corrected chi connectivity index (χ0v) is 16.5. The highest BCUT2D eigenvalue weighted by molar-refractivity contribution is 5.61. The highest BCUT2D eigenvalue weighted by Gasteiger charge is 2.30. The van der Waals surface area contributed by atoms with E-state index in [2.05, 4.69) is 25.6 Å². The lowest BCUT2D eigenvalue weighted by molar-refractivity contribution is -0.137. The van der Waals surface area contributed by atoms with Gasteiger partial charge in [-0.25, -0.2) is 14.6 Å². The number of halogens is 3. The summed E-state index contributed by atoms with van der Waals surface area (Å²) >= 11 is 0. The molecule has 0 bridgehead atoms. The molecule has 0 fully saturated rings. The van der Waals surface area contributed by atoms with Crippen LogP contribution in [0.1, 0.15) is 25.0 Å². The summed E-state index contributed by atoms with van der Waals surface area (Å²) in [5, 5.41) is 30.6. The van der Waals surface area contributed by atoms with Crippen molar-refractivity contribution in [2.24, 2.45) is 0 Å². The van der Waals surface area contributed by atoms with Crippen LogP contribution in [-0.4, -0.2) is 46.9 Å². The van der Waals surface area contributed by atoms with Crippen LogP contribution in [0.2, 0.25) is 0 Å². The van der Waals surface area contributed by atoms with Gasteiger partial charge in [-0.15, -0.1) is 5.10 Å². The van der Waals surface area contributed by atoms with E-state index in [1.165, 1.54) is 18.5 Å². The molecule has 0 saturated carbocycles. The number of hydrogen-bond donors (Lipinski definition) is 3. The van der Waals surface area contributed by atoms with E-state index >= 15 is 0 Å². The number of nitrogens with zero attached hydrogens (tertiary/aromatic N) is 5. The van der Waals surface area contributed by atoms with Crippen molar-refractivity contribution in [1.82, 2.24) is 25.0 Å². The fourth-order valence-electron chi connectivity index (χ4n) is 2.57. The minimum absolute atomic E-state index is 0.00540. The molecule has 1 unspecified atom stereocenters. The first kappa shape index (κ1) is 21.7. The standard InChI is InChI=1S/C19H21F3N6O2/c1-11-6-13(14-9-28(27-26-14)10-15(29)18(2,3)30)24-17(7-11)25-16-8-12(4-5-23-16)19(20,21)22/h4-9,15,29-30H,10H2,1-3H3,(H,23,24,25). The molecule has 8 nitrogen and oxygen atoms in total. The lowest BCUT2D eigenvalue weighted by Crippen LogP contribution is -2.39. The van der Waals surface area contributed by atoms with Crippen molar-refractivity contribution in [1.29, 1.82) is 0 Å². The van der Waals surface area contributed by atoms with E-state index in [9.17, 15) is 23.4 Å². The lowest BCUT2D eigenvalue weighted by atomic mass is 10.0. The van der Waals surface area contributed by atoms with Crippen LogP contribution in [0.4, 0.5) is 24.8 Å². The first-order chi connectivity index (χ1) is 13.9. The van der Waals surface area contributed by atoms with E-state index < -0.39 is 23.4 Å². The zero-order chi connectivity index (χ0) is 22.1. The molecular formula is C19H21F3N6O2. The molecule has 0 radical (unpaired) electrons. The Bertz CT molecular complexity index is 1030. The summed E-state index contributed by atoms with van der Waals surface area (Å²) in [6.45, 7) is 4.80. The first-order valence-corrected chi connectivity index (χ1v) is 9.02. The number of aliphatic hydroxyl groups is 2. The number of aryl methyl sites for hydroxylation is 1. The van der Waals surface area contributed by atoms with Crippen molar-refractivity contribution in [2.75, 3.05) is 5.32 Å². The van der Waals surface area contributed by atoms with Gasteiger partial charge in [0.2, 0.25) is 0 Å². The number of alkyl halides is 3. The molecular weight excluding hydrogens is 401 g/mol. The summed E-state index contributed by atoms with van der Waals surface area (Å²) in [5.74, 6) is 0.300. The molecule has 3 aromatic rings. The van der Waals surface area contributed by atoms with Crippen molar-refractivity contribution in [3.63, 3.8) is 0 Å². The molecule has 1 atom stereocenters. The van der Waals surface area contributed by atoms with Gasteiger partial charge < -0.3 is 15.5 Å². The number of pyridine rings is 2. The van der Waals surface area contributed by atoms with E-state index in [-0.39, 0.29) is 12.4 Å². The normalized spacial score (nSPS) is 13.3. The minimum atomic E-state index is -4.48. The molecule has 0 aliphatic rings. The molecule has 0 saturated heterocycles. The number of anilines is 2. The molecule has 0 amide bonds. The largest absolute Gasteiger partial charge is 0.416 e. The van der Waals surface area contributed by atoms with E-state index in [4.69, 9.17) is 0 Å². The van der Waals surface area contributed by atoms with Gasteiger partial charge in [-0.2, -0.15) is 13.2 Å². The Kier molecular flexibility index (Phi) is 5.77. The van der Waals surface area contributed by atoms with Gasteiger partial charge in [0.15, 0.2) is 0 Å². The Morgan fingerprint density at radius 3 is 2.53 bits per heavy atom. The highest BCUT2D eigenvalue weighted by Crippen LogP contribution is 2.30. The molecule has 11 heteroatoms. The molecule has 3 N–H and O–H groups in total. The predicted molar refractivity (Wildman–Crippen MR) is 103 cm³/mol. The monoisotopic (exact) mass is 422 g/mol. The van der Waals surface area contributed by atoms with Crippen molar-refractivity contribution in [2.45, 2.75) is 45.2 Å². The summed E-state index contributed by atoms with van der Waals surface area (Å²) in [6.07, 6.45) is -2.90. The van der Waals surface area contributed by atoms with Crippen LogP contribution in [0, 0.1) is 6.92 Å². The van der Waals surface area contributed by atoms with Gasteiger partial charge in [0.1, 0.15) is 23.4 Å². The van der Waals surface area contributed by atoms with E-state index in [0.29, 0.717) is 17.2 Å². The maximum Gasteiger partial charge on any atom is 0.416 e. The maximum absolute atomic E-state index is 12.9. The predicted octanol–water partition coefficient (Wildman–Crippen LogP) is 2.94. The Morgan fingerprint density at radius 1 is 1.13 bits per heavy atom. The molecule has 3 aromatic heterocycles. The van der Waals surface area contributed by atoms with Crippen molar-refractivity contribution in [3.05, 3.63) is 47.8 Å². The molecule has 3 heterocycles. The topological polar surface area (TPSA) is 109 Å². The van der Waals surface area contributed by atoms with Gasteiger partial charge in [0.05, 0.1) is 29.6 Å². The SMILES string of the molecule is Cc1cc(Nc2cc(C(F)(F)F)ccn2)nc(-c2cn(CC(O)C(C)(C)O)nn2)c1. The van der Waals surface area contributed by atoms with E-state index in [1.807, 2.05) is 0 Å². The third kappa shape index (κ3) is 5.30. The summed E-state index contributed by atoms with van der Waals surface area (Å²) < 4.78 is 40.1. The number of aliphatic hydroxyl groups excluding tert-OH is 1. The van der Waals surface area contributed by atoms with Crippen molar-refractivity contribution in [3.8, 4) is 11.4 Å². The molecule has 3 rings (SSSR count). The van der Waals surface area contributed by atoms with Gasteiger partial charge in [0, 0.05) is 6.20 Å². The fourth-order valence-corrected chi connectivity index (χ4v) is 2.57. The van der Waals surface area contributed by atoms with Crippen LogP contribution in [0.25, 0.3) is 11.4 Å². The Hall–Kier alpha value is -3.05. The van der Waals surface area contributed by atoms with Crippen LogP contribution in [0.5, 0.6) is 0 Å². The summed E-state index contributed by atoms with van der Waals surface area (Å²) in [6, 6.07) is 5.19. The minimum Gasteiger partial charge on any atom is -0.388 e. The van der Waals surface area contributed by atoms with Crippen LogP contribution in [0.3, 0.4) is 0 Å². The zero-order valence-electron chi connectivity index (χ0n) is 16.5. The Labute approximate surface area is 170 Å². The summed E-state index contributed by atoms with van der Waals surface area (Å²) in [4.78, 5) is 8.28. The van der Waals surface area contributed by atoms with E-state index in [1.54, 1.807) is 25.3 Å². The van der Waals surface area contributed by atoms with Gasteiger partial charge >= 0.3 is 6.18 Å². The Balaban J connectivity index is 1.83. The second kappa shape index (κ2) is 8.00. The second-order valence-corrected chi connectivity index (χ2v) is 7.46. The van der Waals surface area contributed by atoms with Crippen LogP contribution < -0.4 is 5.32 Å². The van der Waals surface area contributed by atoms with Crippen LogP contribution in [0.15, 0.2) is 36.7 Å². The van der Waals surface area contributed by atoms with Crippen molar-refractivity contribution < 1.29 is 23.4 Å². The molecule has 30 heavy (non-hydrogen) atoms. The van der Waals surface area contributed by atoms with Gasteiger partial charge in [-0.05, 0) is 50.6 Å². The summed E-state index contributed by atoms with van der Waals surface area (Å²) in [5.41, 5.74) is -0.486. The lowest BCUT2D eigenvalue weighted by Gasteiger charge is -2.23. The van der Waals surface area contributed by atoms with Crippen molar-refractivity contribution >= 4 is 11.6 Å². The third-order valence-electron chi connectivity index (χ3n) is 4.29. The van der Waals surface area contributed by atoms with E-state index in [0.717, 1.165) is 23.9 Å². The highest BCUT2D eigenvalue weighted by atomic mass is 19.4. The number of aromatic nitrogens is 5. The van der Waals surface area contributed by atoms with Gasteiger partial charge in [-0.3, -0.25) is 0 Å². The molecule has 160 valence electrons. The molecule has 0 aromatic carbocycles. The first-order valence-electron chi connectivity index (χ1n) is 9.02. The third-order valence-corrected chi connectivity index (χ3v) is 4.29. The van der Waals surface area contributed by atoms with Gasteiger partial charge in [-0.1, -0.05) is 5.21 Å².